The molecular formula is C10H13Y3-3. The van der Waals surface area contributed by atoms with Crippen LogP contribution in [0.4, 0.5) is 0 Å². The zero-order valence-corrected chi connectivity index (χ0v) is 16.6. The van der Waals surface area contributed by atoms with Gasteiger partial charge in [-0.1, -0.05) is 0 Å². The smallest absolute Gasteiger partial charge is 0 e. The molecule has 0 spiro atoms. The predicted molar refractivity (Wildman–Crippen MR) is 40.9 cm³/mol. The van der Waals surface area contributed by atoms with Gasteiger partial charge in [-0.15, -0.1) is 5.92 Å². The van der Waals surface area contributed by atoms with Crippen LogP contribution in [0.15, 0.2) is 0 Å². The minimum atomic E-state index is 0. The molecule has 4 saturated carbocycles. The minimum Gasteiger partial charge on any atom is -0.371 e. The Balaban J connectivity index is 0.000000480. The van der Waals surface area contributed by atoms with E-state index in [1.165, 1.54) is 38.5 Å². The maximum atomic E-state index is 1.86. The summed E-state index contributed by atoms with van der Waals surface area (Å²) < 4.78 is 0. The molecule has 4 aliphatic carbocycles. The van der Waals surface area contributed by atoms with E-state index in [1.54, 1.807) is 0 Å². The van der Waals surface area contributed by atoms with E-state index in [2.05, 4.69) is 0 Å². The van der Waals surface area contributed by atoms with Gasteiger partial charge in [0, 0.05) is 98.1 Å². The first-order valence-electron chi connectivity index (χ1n) is 4.41. The van der Waals surface area contributed by atoms with E-state index >= 15 is 0 Å². The average Bonchev–Trinajstić information content (AvgIpc) is 1.82. The molecule has 4 aliphatic rings. The van der Waals surface area contributed by atoms with Gasteiger partial charge < -0.3 is 37.0 Å². The molecular weight excluding hydrogens is 387 g/mol. The summed E-state index contributed by atoms with van der Waals surface area (Å²) in [5.74, 6) is 6.65. The summed E-state index contributed by atoms with van der Waals surface area (Å²) in [6.07, 6.45) is 8.69. The van der Waals surface area contributed by atoms with Crippen molar-refractivity contribution in [3.8, 4) is 0 Å². The van der Waals surface area contributed by atoms with Crippen molar-refractivity contribution in [2.75, 3.05) is 0 Å². The van der Waals surface area contributed by atoms with E-state index in [1.807, 2.05) is 17.8 Å². The Morgan fingerprint density at radius 2 is 0.923 bits per heavy atom. The molecule has 0 aromatic heterocycles. The Kier molecular flexibility index (Phi) is 8.66. The van der Waals surface area contributed by atoms with Gasteiger partial charge in [-0.2, -0.15) is 19.3 Å². The zero-order chi connectivity index (χ0) is 6.55. The molecule has 13 heavy (non-hydrogen) atoms. The summed E-state index contributed by atoms with van der Waals surface area (Å²) in [7, 11) is 0. The maximum absolute atomic E-state index is 1.86. The molecule has 0 N–H and O–H groups in total. The van der Waals surface area contributed by atoms with Gasteiger partial charge in [-0.3, -0.25) is 0 Å². The van der Waals surface area contributed by atoms with Crippen molar-refractivity contribution in [1.29, 1.82) is 0 Å². The average molecular weight is 400 g/mol. The molecule has 0 aromatic carbocycles. The van der Waals surface area contributed by atoms with Gasteiger partial charge in [0.2, 0.25) is 0 Å². The number of rotatable bonds is 0. The molecule has 0 atom stereocenters. The second-order valence-electron chi connectivity index (χ2n) is 4.26. The third-order valence-corrected chi connectivity index (χ3v) is 3.23. The van der Waals surface area contributed by atoms with Crippen LogP contribution in [0.1, 0.15) is 38.5 Å². The first-order valence-corrected chi connectivity index (χ1v) is 4.41. The molecule has 0 aromatic rings. The molecule has 0 amide bonds. The molecule has 0 unspecified atom stereocenters. The standard InChI is InChI=1S/C10H13.3Y/c1-7-2-9-4-8(1)5-10(3-7)6-9;;;/h7H,1-6H2;;;/q-3;;;. The van der Waals surface area contributed by atoms with Gasteiger partial charge in [0.15, 0.2) is 0 Å². The van der Waals surface area contributed by atoms with Gasteiger partial charge >= 0.3 is 0 Å². The summed E-state index contributed by atoms with van der Waals surface area (Å²) in [6.45, 7) is 0. The molecule has 3 heteroatoms. The summed E-state index contributed by atoms with van der Waals surface area (Å²) in [6, 6.07) is 0. The van der Waals surface area contributed by atoms with Crippen LogP contribution in [-0.2, 0) is 98.1 Å². The Morgan fingerprint density at radius 1 is 0.615 bits per heavy atom. The van der Waals surface area contributed by atoms with Crippen LogP contribution in [0.25, 0.3) is 0 Å². The van der Waals surface area contributed by atoms with E-state index in [9.17, 15) is 0 Å². The first-order chi connectivity index (χ1) is 4.90. The third kappa shape index (κ3) is 3.64. The van der Waals surface area contributed by atoms with Gasteiger partial charge in [-0.25, -0.2) is 0 Å². The van der Waals surface area contributed by atoms with Gasteiger partial charge in [0.1, 0.15) is 0 Å². The first kappa shape index (κ1) is 16.3. The molecule has 0 heterocycles. The van der Waals surface area contributed by atoms with Crippen molar-refractivity contribution in [2.24, 2.45) is 5.92 Å². The van der Waals surface area contributed by atoms with Crippen LogP contribution in [0, 0.1) is 23.7 Å². The maximum Gasteiger partial charge on any atom is 0 e. The SMILES string of the molecule is C1[C-]2C[C-]3C[C-]1CC(C2)C3.[Y].[Y].[Y]. The Labute approximate surface area is 157 Å². The molecule has 4 fully saturated rings. The molecule has 0 saturated heterocycles. The Morgan fingerprint density at radius 3 is 1.15 bits per heavy atom. The fraction of sp³-hybridized carbons (Fsp3) is 0.700. The van der Waals surface area contributed by atoms with Crippen LogP contribution in [0.5, 0.6) is 0 Å². The second-order valence-corrected chi connectivity index (χ2v) is 4.26. The monoisotopic (exact) mass is 400 g/mol. The summed E-state index contributed by atoms with van der Waals surface area (Å²) in [4.78, 5) is 0. The largest absolute Gasteiger partial charge is 0.371 e. The number of hydrogen-bond donors (Lipinski definition) is 0. The van der Waals surface area contributed by atoms with Crippen LogP contribution < -0.4 is 0 Å². The van der Waals surface area contributed by atoms with Gasteiger partial charge in [-0.05, 0) is 0 Å². The van der Waals surface area contributed by atoms with E-state index in [4.69, 9.17) is 0 Å². The van der Waals surface area contributed by atoms with Crippen LogP contribution in [0.2, 0.25) is 0 Å². The van der Waals surface area contributed by atoms with Gasteiger partial charge in [0.05, 0.1) is 0 Å². The summed E-state index contributed by atoms with van der Waals surface area (Å²) in [5, 5.41) is 0. The minimum absolute atomic E-state index is 0. The van der Waals surface area contributed by atoms with E-state index in [0.717, 1.165) is 5.92 Å². The molecule has 4 rings (SSSR count). The Hall–Kier alpha value is 3.31. The van der Waals surface area contributed by atoms with Crippen molar-refractivity contribution >= 4 is 0 Å². The van der Waals surface area contributed by atoms with Crippen LogP contribution in [-0.4, -0.2) is 0 Å². The van der Waals surface area contributed by atoms with Crippen molar-refractivity contribution in [3.05, 3.63) is 17.8 Å². The molecule has 4 bridgehead atoms. The van der Waals surface area contributed by atoms with Crippen molar-refractivity contribution in [1.82, 2.24) is 0 Å². The fourth-order valence-corrected chi connectivity index (χ4v) is 3.12. The van der Waals surface area contributed by atoms with E-state index < -0.39 is 0 Å². The van der Waals surface area contributed by atoms with Crippen LogP contribution >= 0.6 is 0 Å². The predicted octanol–water partition coefficient (Wildman–Crippen LogP) is 2.70. The van der Waals surface area contributed by atoms with Crippen molar-refractivity contribution < 1.29 is 98.1 Å². The van der Waals surface area contributed by atoms with E-state index in [-0.39, 0.29) is 98.1 Å². The van der Waals surface area contributed by atoms with Crippen LogP contribution in [0.3, 0.4) is 0 Å². The van der Waals surface area contributed by atoms with Gasteiger partial charge in [0.25, 0.3) is 0 Å². The van der Waals surface area contributed by atoms with Crippen molar-refractivity contribution in [3.63, 3.8) is 0 Å². The normalized spacial score (nSPS) is 27.7. The zero-order valence-electron chi connectivity index (χ0n) is 8.05. The molecule has 0 aliphatic heterocycles. The summed E-state index contributed by atoms with van der Waals surface area (Å²) >= 11 is 0. The molecule has 65 valence electrons. The topological polar surface area (TPSA) is 0 Å². The quantitative estimate of drug-likeness (QED) is 0.549. The number of hydrogen-bond acceptors (Lipinski definition) is 0. The summed E-state index contributed by atoms with van der Waals surface area (Å²) in [5.41, 5.74) is 0. The third-order valence-electron chi connectivity index (χ3n) is 3.23. The molecule has 3 radical (unpaired) electrons. The van der Waals surface area contributed by atoms with Crippen molar-refractivity contribution in [2.45, 2.75) is 38.5 Å². The Bertz CT molecular complexity index is 102. The van der Waals surface area contributed by atoms with E-state index in [0.29, 0.717) is 0 Å². The second kappa shape index (κ2) is 6.91. The fourth-order valence-electron chi connectivity index (χ4n) is 3.12. The molecule has 0 nitrogen and oxygen atoms in total.